The van der Waals surface area contributed by atoms with E-state index >= 15 is 0 Å². The molecule has 0 spiro atoms. The van der Waals surface area contributed by atoms with Crippen LogP contribution in [0, 0.1) is 5.92 Å². The van der Waals surface area contributed by atoms with Gasteiger partial charge in [0.2, 0.25) is 23.6 Å². The van der Waals surface area contributed by atoms with Crippen molar-refractivity contribution in [1.82, 2.24) is 21.3 Å². The normalized spacial score (nSPS) is 18.7. The summed E-state index contributed by atoms with van der Waals surface area (Å²) in [6.07, 6.45) is 4.18. The van der Waals surface area contributed by atoms with Crippen LogP contribution in [0.4, 0.5) is 0 Å². The maximum atomic E-state index is 13.7. The fraction of sp³-hybridized carbons (Fsp3) is 0.567. The molecule has 0 bridgehead atoms. The van der Waals surface area contributed by atoms with Gasteiger partial charge in [0.05, 0.1) is 11.9 Å². The fourth-order valence-corrected chi connectivity index (χ4v) is 5.03. The largest absolute Gasteiger partial charge is 3.00 e. The van der Waals surface area contributed by atoms with Crippen molar-refractivity contribution in [2.24, 2.45) is 28.1 Å². The van der Waals surface area contributed by atoms with Gasteiger partial charge in [-0.05, 0) is 56.4 Å². The van der Waals surface area contributed by atoms with Gasteiger partial charge < -0.3 is 53.8 Å². The van der Waals surface area contributed by atoms with Gasteiger partial charge in [-0.25, -0.2) is 0 Å². The molecule has 3 atom stereocenters. The van der Waals surface area contributed by atoms with E-state index in [2.05, 4.69) is 38.9 Å². The van der Waals surface area contributed by atoms with Crippen LogP contribution in [0.5, 0.6) is 0 Å². The van der Waals surface area contributed by atoms with E-state index < -0.39 is 47.3 Å². The Morgan fingerprint density at radius 1 is 1.00 bits per heavy atom. The molecule has 1 fully saturated rings. The number of guanidine groups is 1. The van der Waals surface area contributed by atoms with Crippen molar-refractivity contribution < 1.29 is 61.5 Å². The van der Waals surface area contributed by atoms with Gasteiger partial charge in [0.1, 0.15) is 17.6 Å². The second kappa shape index (κ2) is 22.0. The number of benzene rings is 1. The molecular weight excluding hydrogens is 671 g/mol. The molecule has 0 aromatic heterocycles. The van der Waals surface area contributed by atoms with Gasteiger partial charge in [0, 0.05) is 19.9 Å². The molecule has 16 heteroatoms. The molecular formula is C30H47N9O6Y+. The van der Waals surface area contributed by atoms with Crippen LogP contribution in [0.2, 0.25) is 0 Å². The van der Waals surface area contributed by atoms with E-state index in [9.17, 15) is 24.0 Å². The third-order valence-electron chi connectivity index (χ3n) is 7.50. The summed E-state index contributed by atoms with van der Waals surface area (Å²) in [5.41, 5.74) is 21.9. The monoisotopic (exact) mass is 718 g/mol. The van der Waals surface area contributed by atoms with Gasteiger partial charge in [-0.1, -0.05) is 44.2 Å². The first-order valence-electron chi connectivity index (χ1n) is 14.9. The summed E-state index contributed by atoms with van der Waals surface area (Å²) in [6.45, 7) is 5.32. The van der Waals surface area contributed by atoms with Crippen LogP contribution in [0.1, 0.15) is 71.3 Å². The average molecular weight is 719 g/mol. The van der Waals surface area contributed by atoms with Gasteiger partial charge in [-0.2, -0.15) is 6.41 Å². The maximum absolute atomic E-state index is 13.7. The smallest absolute Gasteiger partial charge is 0.666 e. The first-order chi connectivity index (χ1) is 21.3. The van der Waals surface area contributed by atoms with Crippen molar-refractivity contribution in [3.8, 4) is 0 Å². The molecule has 1 aromatic carbocycles. The van der Waals surface area contributed by atoms with Crippen molar-refractivity contribution >= 4 is 41.9 Å². The number of rotatable bonds is 15. The Morgan fingerprint density at radius 3 is 2.04 bits per heavy atom. The molecule has 0 saturated heterocycles. The van der Waals surface area contributed by atoms with Crippen molar-refractivity contribution in [3.63, 3.8) is 0 Å². The number of hydrogen-bond acceptors (Lipinski definition) is 7. The van der Waals surface area contributed by atoms with E-state index in [0.29, 0.717) is 25.2 Å². The zero-order valence-corrected chi connectivity index (χ0v) is 29.6. The van der Waals surface area contributed by atoms with Crippen LogP contribution in [0.25, 0.3) is 5.73 Å². The molecule has 6 amide bonds. The number of amides is 6. The van der Waals surface area contributed by atoms with E-state index in [4.69, 9.17) is 22.0 Å². The van der Waals surface area contributed by atoms with E-state index in [0.717, 1.165) is 24.8 Å². The van der Waals surface area contributed by atoms with Crippen LogP contribution < -0.4 is 38.5 Å². The number of hydrogen-bond donors (Lipinski definition) is 7. The summed E-state index contributed by atoms with van der Waals surface area (Å²) in [5, 5.41) is 10.9. The van der Waals surface area contributed by atoms with Gasteiger partial charge in [-0.3, -0.25) is 24.2 Å². The number of carbonyl (C=O) groups is 5. The topological polar surface area (TPSA) is 265 Å². The van der Waals surface area contributed by atoms with Gasteiger partial charge in [0.25, 0.3) is 0 Å². The molecule has 46 heavy (non-hydrogen) atoms. The molecule has 11 N–H and O–H groups in total. The average Bonchev–Trinajstić information content (AvgIpc) is 2.98. The maximum Gasteiger partial charge on any atom is 3.00 e. The van der Waals surface area contributed by atoms with E-state index in [1.807, 2.05) is 30.3 Å². The molecule has 3 unspecified atom stereocenters. The zero-order valence-electron chi connectivity index (χ0n) is 26.8. The SMILES string of the molecule is CCC(NC(=O)C(CCCN=C(N)N)NC(=O)C(Cc1ccccc1)NC(=O)C1(NC(C)=O)CCC(C)CC1)C([NH-])=O.N[C-]=O.[Y+3]. The Morgan fingerprint density at radius 2 is 1.54 bits per heavy atom. The van der Waals surface area contributed by atoms with Crippen molar-refractivity contribution in [3.05, 3.63) is 41.6 Å². The Bertz CT molecular complexity index is 1170. The third kappa shape index (κ3) is 15.1. The minimum Gasteiger partial charge on any atom is -0.666 e. The summed E-state index contributed by atoms with van der Waals surface area (Å²) in [7, 11) is 0. The Balaban J connectivity index is 0.00000486. The summed E-state index contributed by atoms with van der Waals surface area (Å²) < 4.78 is 0. The molecule has 1 aliphatic carbocycles. The molecule has 0 radical (unpaired) electrons. The molecule has 0 heterocycles. The molecule has 250 valence electrons. The molecule has 2 rings (SSSR count). The number of primary amides is 1. The van der Waals surface area contributed by atoms with E-state index in [-0.39, 0.29) is 70.4 Å². The number of aliphatic imine (C=N–C) groups is 1. The third-order valence-corrected chi connectivity index (χ3v) is 7.50. The number of nitrogens with zero attached hydrogens (tertiary/aromatic N) is 1. The second-order valence-corrected chi connectivity index (χ2v) is 11.1. The fourth-order valence-electron chi connectivity index (χ4n) is 5.03. The summed E-state index contributed by atoms with van der Waals surface area (Å²) >= 11 is 0. The van der Waals surface area contributed by atoms with Crippen LogP contribution in [-0.2, 0) is 67.9 Å². The Labute approximate surface area is 295 Å². The molecule has 15 nitrogen and oxygen atoms in total. The number of nitrogens with two attached hydrogens (primary N) is 3. The Hall–Kier alpha value is -3.59. The molecule has 0 aliphatic heterocycles. The first-order valence-corrected chi connectivity index (χ1v) is 14.9. The van der Waals surface area contributed by atoms with Crippen molar-refractivity contribution in [2.75, 3.05) is 6.54 Å². The summed E-state index contributed by atoms with van der Waals surface area (Å²) in [4.78, 5) is 76.7. The van der Waals surface area contributed by atoms with E-state index in [1.165, 1.54) is 6.92 Å². The van der Waals surface area contributed by atoms with Crippen molar-refractivity contribution in [1.29, 1.82) is 0 Å². The number of nitrogens with one attached hydrogen (secondary N) is 5. The molecule has 1 saturated carbocycles. The Kier molecular flexibility index (Phi) is 20.3. The standard InChI is InChI=1S/C29H46N8O5.CH2NO.Y/c1-4-21(24(30)39)34-25(40)22(11-8-16-33-28(31)32)35-26(41)23(17-20-9-6-5-7-10-20)36-27(42)29(37-19(3)38)14-12-18(2)13-15-29;2-1-3;/h5-7,9-10,18,21-23H,4,8,11-17H2,1-3H3,(H10,30,31,32,33,34,35,36,37,38,39,40,41,42);(H2,2,3);/q;-1;+3/p-1. The van der Waals surface area contributed by atoms with Gasteiger partial charge in [0.15, 0.2) is 5.96 Å². The predicted octanol–water partition coefficient (Wildman–Crippen LogP) is -0.179. The van der Waals surface area contributed by atoms with Crippen LogP contribution in [0.15, 0.2) is 35.3 Å². The summed E-state index contributed by atoms with van der Waals surface area (Å²) in [6, 6.07) is 5.92. The minimum atomic E-state index is -1.15. The van der Waals surface area contributed by atoms with Gasteiger partial charge in [-0.15, -0.1) is 0 Å². The zero-order chi connectivity index (χ0) is 34.0. The van der Waals surface area contributed by atoms with E-state index in [1.54, 1.807) is 6.92 Å². The number of carbonyl (C=O) groups excluding carboxylic acids is 6. The summed E-state index contributed by atoms with van der Waals surface area (Å²) in [5.74, 6) is -2.69. The minimum absolute atomic E-state index is 0. The molecule has 1 aliphatic rings. The predicted molar refractivity (Wildman–Crippen MR) is 170 cm³/mol. The quantitative estimate of drug-likeness (QED) is 0.0420. The van der Waals surface area contributed by atoms with Crippen molar-refractivity contribution in [2.45, 2.75) is 95.8 Å². The van der Waals surface area contributed by atoms with Gasteiger partial charge >= 0.3 is 32.7 Å². The van der Waals surface area contributed by atoms with Crippen LogP contribution in [-0.4, -0.2) is 72.1 Å². The van der Waals surface area contributed by atoms with Crippen LogP contribution in [0.3, 0.4) is 0 Å². The first kappa shape index (κ1) is 42.4. The second-order valence-electron chi connectivity index (χ2n) is 11.1. The van der Waals surface area contributed by atoms with Crippen LogP contribution >= 0.6 is 0 Å². The molecule has 1 aromatic rings.